The fourth-order valence-electron chi connectivity index (χ4n) is 1.76. The third-order valence-electron chi connectivity index (χ3n) is 2.73. The molecule has 0 radical (unpaired) electrons. The van der Waals surface area contributed by atoms with E-state index in [1.807, 2.05) is 31.2 Å². The first-order valence-electron chi connectivity index (χ1n) is 6.65. The lowest BCUT2D eigenvalue weighted by molar-refractivity contribution is 1.00. The van der Waals surface area contributed by atoms with Crippen molar-refractivity contribution >= 4 is 51.2 Å². The van der Waals surface area contributed by atoms with Gasteiger partial charge in [0.25, 0.3) is 0 Å². The molecule has 114 valence electrons. The molecule has 0 fully saturated rings. The average molecular weight is 369 g/mol. The summed E-state index contributed by atoms with van der Waals surface area (Å²) in [7, 11) is 0. The predicted molar refractivity (Wildman–Crippen MR) is 96.2 cm³/mol. The van der Waals surface area contributed by atoms with Crippen LogP contribution in [-0.2, 0) is 5.75 Å². The van der Waals surface area contributed by atoms with Crippen LogP contribution < -0.4 is 5.32 Å². The van der Waals surface area contributed by atoms with Crippen LogP contribution in [0.25, 0.3) is 10.6 Å². The molecule has 2 aromatic heterocycles. The molecule has 0 amide bonds. The predicted octanol–water partition coefficient (Wildman–Crippen LogP) is 5.04. The molecule has 0 aliphatic carbocycles. The Labute approximate surface area is 146 Å². The quantitative estimate of drug-likeness (QED) is 0.618. The first kappa shape index (κ1) is 15.7. The van der Waals surface area contributed by atoms with Crippen molar-refractivity contribution in [3.8, 4) is 10.6 Å². The molecule has 4 nitrogen and oxygen atoms in total. The summed E-state index contributed by atoms with van der Waals surface area (Å²) in [5, 5.41) is 16.0. The van der Waals surface area contributed by atoms with Gasteiger partial charge in [-0.2, -0.15) is 0 Å². The highest BCUT2D eigenvalue weighted by Crippen LogP contribution is 2.33. The third-order valence-corrected chi connectivity index (χ3v) is 6.04. The van der Waals surface area contributed by atoms with Crippen molar-refractivity contribution in [1.82, 2.24) is 15.2 Å². The first-order valence-corrected chi connectivity index (χ1v) is 9.71. The summed E-state index contributed by atoms with van der Waals surface area (Å²) in [6.07, 6.45) is 0. The van der Waals surface area contributed by atoms with E-state index in [2.05, 4.69) is 25.9 Å². The van der Waals surface area contributed by atoms with Crippen LogP contribution in [0.2, 0.25) is 5.02 Å². The number of hydrogen-bond acceptors (Lipinski definition) is 7. The van der Waals surface area contributed by atoms with Gasteiger partial charge >= 0.3 is 0 Å². The number of aromatic nitrogens is 3. The van der Waals surface area contributed by atoms with E-state index in [4.69, 9.17) is 11.6 Å². The van der Waals surface area contributed by atoms with Gasteiger partial charge in [-0.3, -0.25) is 0 Å². The van der Waals surface area contributed by atoms with Crippen LogP contribution in [0.3, 0.4) is 0 Å². The number of nitrogens with zero attached hydrogens (tertiary/aromatic N) is 3. The van der Waals surface area contributed by atoms with Crippen LogP contribution in [0, 0.1) is 0 Å². The molecule has 8 heteroatoms. The number of benzene rings is 1. The van der Waals surface area contributed by atoms with Crippen molar-refractivity contribution in [3.63, 3.8) is 0 Å². The number of thiazole rings is 1. The van der Waals surface area contributed by atoms with E-state index in [1.165, 1.54) is 0 Å². The molecule has 2 heterocycles. The van der Waals surface area contributed by atoms with Crippen molar-refractivity contribution in [2.45, 2.75) is 17.0 Å². The van der Waals surface area contributed by atoms with Crippen molar-refractivity contribution in [1.29, 1.82) is 0 Å². The number of hydrogen-bond donors (Lipinski definition) is 1. The minimum absolute atomic E-state index is 0.732. The van der Waals surface area contributed by atoms with Gasteiger partial charge in [-0.1, -0.05) is 52.9 Å². The van der Waals surface area contributed by atoms with Gasteiger partial charge in [0.1, 0.15) is 5.01 Å². The summed E-state index contributed by atoms with van der Waals surface area (Å²) in [5.41, 5.74) is 2.01. The standard InChI is InChI=1S/C14H13ClN4S3/c1-2-16-13-18-19-14(22-13)21-8-9-7-20-12(17-9)10-5-3-4-6-11(10)15/h3-7H,2,8H2,1H3,(H,16,18). The summed E-state index contributed by atoms with van der Waals surface area (Å²) in [6.45, 7) is 2.90. The van der Waals surface area contributed by atoms with Gasteiger partial charge in [-0.05, 0) is 13.0 Å². The van der Waals surface area contributed by atoms with Crippen LogP contribution >= 0.6 is 46.0 Å². The minimum Gasteiger partial charge on any atom is -0.360 e. The van der Waals surface area contributed by atoms with Crippen LogP contribution in [-0.4, -0.2) is 21.7 Å². The molecule has 22 heavy (non-hydrogen) atoms. The van der Waals surface area contributed by atoms with Crippen molar-refractivity contribution in [2.75, 3.05) is 11.9 Å². The maximum atomic E-state index is 6.21. The number of nitrogens with one attached hydrogen (secondary N) is 1. The summed E-state index contributed by atoms with van der Waals surface area (Å²) >= 11 is 11.0. The van der Waals surface area contributed by atoms with Crippen LogP contribution in [0.15, 0.2) is 34.0 Å². The molecule has 0 saturated heterocycles. The number of rotatable bonds is 6. The van der Waals surface area contributed by atoms with E-state index in [0.29, 0.717) is 0 Å². The largest absolute Gasteiger partial charge is 0.360 e. The van der Waals surface area contributed by atoms with E-state index >= 15 is 0 Å². The van der Waals surface area contributed by atoms with E-state index in [9.17, 15) is 0 Å². The SMILES string of the molecule is CCNc1nnc(SCc2csc(-c3ccccc3Cl)n2)s1. The van der Waals surface area contributed by atoms with Crippen LogP contribution in [0.1, 0.15) is 12.6 Å². The van der Waals surface area contributed by atoms with Gasteiger partial charge in [0.15, 0.2) is 4.34 Å². The summed E-state index contributed by atoms with van der Waals surface area (Å²) in [4.78, 5) is 4.65. The van der Waals surface area contributed by atoms with Gasteiger partial charge in [0.05, 0.1) is 10.7 Å². The molecule has 0 bridgehead atoms. The van der Waals surface area contributed by atoms with E-state index in [1.54, 1.807) is 34.4 Å². The van der Waals surface area contributed by atoms with Gasteiger partial charge in [0, 0.05) is 23.2 Å². The molecule has 0 atom stereocenters. The lowest BCUT2D eigenvalue weighted by Gasteiger charge is -1.98. The molecule has 0 aliphatic rings. The molecule has 0 unspecified atom stereocenters. The Hall–Kier alpha value is -1.15. The molecule has 3 aromatic rings. The third kappa shape index (κ3) is 3.78. The van der Waals surface area contributed by atoms with E-state index in [-0.39, 0.29) is 0 Å². The monoisotopic (exact) mass is 368 g/mol. The Kier molecular flexibility index (Phi) is 5.30. The van der Waals surface area contributed by atoms with Crippen LogP contribution in [0.5, 0.6) is 0 Å². The van der Waals surface area contributed by atoms with Crippen molar-refractivity contribution < 1.29 is 0 Å². The van der Waals surface area contributed by atoms with Gasteiger partial charge in [-0.25, -0.2) is 4.98 Å². The minimum atomic E-state index is 0.732. The topological polar surface area (TPSA) is 50.7 Å². The van der Waals surface area contributed by atoms with Gasteiger partial charge in [-0.15, -0.1) is 21.5 Å². The summed E-state index contributed by atoms with van der Waals surface area (Å²) < 4.78 is 0.947. The fourth-order valence-corrected chi connectivity index (χ4v) is 4.72. The second kappa shape index (κ2) is 7.41. The first-order chi connectivity index (χ1) is 10.8. The zero-order valence-electron chi connectivity index (χ0n) is 11.7. The van der Waals surface area contributed by atoms with Crippen molar-refractivity contribution in [3.05, 3.63) is 40.4 Å². The average Bonchev–Trinajstić information content (AvgIpc) is 3.15. The van der Waals surface area contributed by atoms with E-state index in [0.717, 1.165) is 43.1 Å². The van der Waals surface area contributed by atoms with Gasteiger partial charge in [0.2, 0.25) is 5.13 Å². The highest BCUT2D eigenvalue weighted by atomic mass is 35.5. The Morgan fingerprint density at radius 1 is 1.27 bits per heavy atom. The highest BCUT2D eigenvalue weighted by molar-refractivity contribution is 8.00. The molecular weight excluding hydrogens is 356 g/mol. The van der Waals surface area contributed by atoms with Gasteiger partial charge < -0.3 is 5.32 Å². The maximum absolute atomic E-state index is 6.21. The molecule has 0 aliphatic heterocycles. The molecule has 1 aromatic carbocycles. The smallest absolute Gasteiger partial charge is 0.206 e. The Morgan fingerprint density at radius 3 is 2.95 bits per heavy atom. The summed E-state index contributed by atoms with van der Waals surface area (Å²) in [6, 6.07) is 7.77. The second-order valence-corrected chi connectivity index (χ2v) is 7.78. The Balaban J connectivity index is 1.65. The molecular formula is C14H13ClN4S3. The lowest BCUT2D eigenvalue weighted by atomic mass is 10.2. The number of halogens is 1. The molecule has 1 N–H and O–H groups in total. The van der Waals surface area contributed by atoms with Crippen LogP contribution in [0.4, 0.5) is 5.13 Å². The Morgan fingerprint density at radius 2 is 2.14 bits per heavy atom. The maximum Gasteiger partial charge on any atom is 0.206 e. The zero-order chi connectivity index (χ0) is 15.4. The number of anilines is 1. The second-order valence-electron chi connectivity index (χ2n) is 4.32. The molecule has 3 rings (SSSR count). The normalized spacial score (nSPS) is 10.8. The fraction of sp³-hybridized carbons (Fsp3) is 0.214. The highest BCUT2D eigenvalue weighted by Gasteiger charge is 2.10. The number of thioether (sulfide) groups is 1. The van der Waals surface area contributed by atoms with E-state index < -0.39 is 0 Å². The molecule has 0 saturated carbocycles. The zero-order valence-corrected chi connectivity index (χ0v) is 15.0. The lowest BCUT2D eigenvalue weighted by Crippen LogP contribution is -1.94. The molecule has 0 spiro atoms. The van der Waals surface area contributed by atoms with Crippen molar-refractivity contribution in [2.24, 2.45) is 0 Å². The summed E-state index contributed by atoms with van der Waals surface area (Å²) in [5.74, 6) is 0.779. The Bertz CT molecular complexity index is 756.